The number of hydrogen-bond acceptors (Lipinski definition) is 5. The molecule has 0 aromatic carbocycles. The van der Waals surface area contributed by atoms with E-state index in [0.29, 0.717) is 12.2 Å². The van der Waals surface area contributed by atoms with Crippen LogP contribution >= 0.6 is 23.4 Å². The largest absolute Gasteiger partial charge is 0.467 e. The molecule has 1 aromatic heterocycles. The van der Waals surface area contributed by atoms with E-state index in [1.807, 2.05) is 6.26 Å². The molecule has 0 spiro atoms. The molecule has 5 nitrogen and oxygen atoms in total. The quantitative estimate of drug-likeness (QED) is 0.618. The molecule has 1 amide bonds. The van der Waals surface area contributed by atoms with Crippen LogP contribution in [0.5, 0.6) is 0 Å². The lowest BCUT2D eigenvalue weighted by molar-refractivity contribution is -0.142. The van der Waals surface area contributed by atoms with Crippen LogP contribution in [-0.4, -0.2) is 37.0 Å². The molecular formula is C13H18ClNO4S. The standard InChI is InChI=1S/C13H18ClNO4S/c1-8(14)10-4-5-11(19-10)12(16)15-9(6-7-20-3)13(17)18-2/h4-5,8-9H,6-7H2,1-3H3,(H,15,16). The second-order valence-electron chi connectivity index (χ2n) is 4.15. The van der Waals surface area contributed by atoms with Gasteiger partial charge in [0.25, 0.3) is 5.91 Å². The van der Waals surface area contributed by atoms with Crippen LogP contribution in [0.25, 0.3) is 0 Å². The molecule has 0 saturated heterocycles. The van der Waals surface area contributed by atoms with E-state index >= 15 is 0 Å². The predicted octanol–water partition coefficient (Wildman–Crippen LogP) is 2.60. The number of halogens is 1. The lowest BCUT2D eigenvalue weighted by atomic mass is 10.2. The topological polar surface area (TPSA) is 68.5 Å². The third-order valence-corrected chi connectivity index (χ3v) is 3.50. The number of amides is 1. The molecule has 0 aliphatic rings. The van der Waals surface area contributed by atoms with Gasteiger partial charge in [-0.2, -0.15) is 11.8 Å². The van der Waals surface area contributed by atoms with E-state index in [0.717, 1.165) is 5.75 Å². The van der Waals surface area contributed by atoms with Crippen molar-refractivity contribution in [1.29, 1.82) is 0 Å². The number of ether oxygens (including phenoxy) is 1. The van der Waals surface area contributed by atoms with Crippen LogP contribution in [-0.2, 0) is 9.53 Å². The molecule has 0 aliphatic carbocycles. The van der Waals surface area contributed by atoms with Gasteiger partial charge in [-0.05, 0) is 37.5 Å². The maximum absolute atomic E-state index is 12.0. The van der Waals surface area contributed by atoms with E-state index in [1.54, 1.807) is 24.8 Å². The molecule has 1 N–H and O–H groups in total. The van der Waals surface area contributed by atoms with Crippen LogP contribution in [0.4, 0.5) is 0 Å². The summed E-state index contributed by atoms with van der Waals surface area (Å²) in [6, 6.07) is 2.50. The molecule has 0 radical (unpaired) electrons. The van der Waals surface area contributed by atoms with Crippen molar-refractivity contribution in [2.45, 2.75) is 24.8 Å². The van der Waals surface area contributed by atoms with Gasteiger partial charge in [0, 0.05) is 0 Å². The van der Waals surface area contributed by atoms with Crippen molar-refractivity contribution < 1.29 is 18.7 Å². The van der Waals surface area contributed by atoms with Gasteiger partial charge in [0.05, 0.1) is 12.5 Å². The van der Waals surface area contributed by atoms with Gasteiger partial charge >= 0.3 is 5.97 Å². The van der Waals surface area contributed by atoms with Crippen molar-refractivity contribution in [2.24, 2.45) is 0 Å². The summed E-state index contributed by atoms with van der Waals surface area (Å²) < 4.78 is 10.00. The molecule has 2 unspecified atom stereocenters. The number of nitrogens with one attached hydrogen (secondary N) is 1. The van der Waals surface area contributed by atoms with E-state index in [1.165, 1.54) is 13.2 Å². The lowest BCUT2D eigenvalue weighted by Gasteiger charge is -2.15. The van der Waals surface area contributed by atoms with Gasteiger partial charge in [0.1, 0.15) is 11.8 Å². The first-order chi connectivity index (χ1) is 9.49. The highest BCUT2D eigenvalue weighted by Gasteiger charge is 2.23. The minimum Gasteiger partial charge on any atom is -0.467 e. The molecule has 1 aromatic rings. The third-order valence-electron chi connectivity index (χ3n) is 2.64. The second kappa shape index (κ2) is 8.21. The fraction of sp³-hybridized carbons (Fsp3) is 0.538. The molecule has 1 rings (SSSR count). The molecule has 112 valence electrons. The summed E-state index contributed by atoms with van der Waals surface area (Å²) in [6.07, 6.45) is 2.43. The summed E-state index contributed by atoms with van der Waals surface area (Å²) in [7, 11) is 1.29. The number of thioether (sulfide) groups is 1. The van der Waals surface area contributed by atoms with Crippen molar-refractivity contribution in [3.05, 3.63) is 23.7 Å². The zero-order valence-corrected chi connectivity index (χ0v) is 13.2. The van der Waals surface area contributed by atoms with Crippen molar-refractivity contribution in [3.8, 4) is 0 Å². The highest BCUT2D eigenvalue weighted by atomic mass is 35.5. The Kier molecular flexibility index (Phi) is 6.95. The van der Waals surface area contributed by atoms with Crippen LogP contribution in [0.3, 0.4) is 0 Å². The number of rotatable bonds is 7. The molecule has 1 heterocycles. The van der Waals surface area contributed by atoms with Crippen LogP contribution in [0.15, 0.2) is 16.5 Å². The van der Waals surface area contributed by atoms with Gasteiger partial charge in [-0.25, -0.2) is 4.79 Å². The van der Waals surface area contributed by atoms with Crippen LogP contribution in [0.2, 0.25) is 0 Å². The molecule has 7 heteroatoms. The maximum Gasteiger partial charge on any atom is 0.328 e. The molecule has 2 atom stereocenters. The van der Waals surface area contributed by atoms with Gasteiger partial charge in [-0.3, -0.25) is 4.79 Å². The Morgan fingerprint density at radius 1 is 1.50 bits per heavy atom. The summed E-state index contributed by atoms with van der Waals surface area (Å²) in [5.41, 5.74) is 0. The van der Waals surface area contributed by atoms with E-state index in [2.05, 4.69) is 10.1 Å². The molecule has 20 heavy (non-hydrogen) atoms. The lowest BCUT2D eigenvalue weighted by Crippen LogP contribution is -2.41. The van der Waals surface area contributed by atoms with Crippen molar-refractivity contribution in [2.75, 3.05) is 19.1 Å². The van der Waals surface area contributed by atoms with Gasteiger partial charge in [0.15, 0.2) is 5.76 Å². The average Bonchev–Trinajstić information content (AvgIpc) is 2.92. The average molecular weight is 320 g/mol. The second-order valence-corrected chi connectivity index (χ2v) is 5.79. The number of alkyl halides is 1. The Bertz CT molecular complexity index is 461. The molecule has 0 aliphatic heterocycles. The smallest absolute Gasteiger partial charge is 0.328 e. The Morgan fingerprint density at radius 2 is 2.20 bits per heavy atom. The van der Waals surface area contributed by atoms with Crippen LogP contribution < -0.4 is 5.32 Å². The summed E-state index contributed by atoms with van der Waals surface area (Å²) in [4.78, 5) is 23.6. The summed E-state index contributed by atoms with van der Waals surface area (Å²) in [5.74, 6) is 0.457. The zero-order valence-electron chi connectivity index (χ0n) is 11.6. The number of furan rings is 1. The van der Waals surface area contributed by atoms with Gasteiger partial charge in [0.2, 0.25) is 0 Å². The minimum atomic E-state index is -0.679. The number of carbonyl (C=O) groups is 2. The van der Waals surface area contributed by atoms with E-state index in [-0.39, 0.29) is 11.1 Å². The summed E-state index contributed by atoms with van der Waals surface area (Å²) >= 11 is 7.45. The maximum atomic E-state index is 12.0. The SMILES string of the molecule is COC(=O)C(CCSC)NC(=O)c1ccc(C(C)Cl)o1. The molecule has 0 bridgehead atoms. The van der Waals surface area contributed by atoms with E-state index in [9.17, 15) is 9.59 Å². The van der Waals surface area contributed by atoms with E-state index < -0.39 is 17.9 Å². The van der Waals surface area contributed by atoms with Crippen molar-refractivity contribution in [3.63, 3.8) is 0 Å². The Balaban J connectivity index is 2.71. The Morgan fingerprint density at radius 3 is 2.70 bits per heavy atom. The van der Waals surface area contributed by atoms with Crippen LogP contribution in [0.1, 0.15) is 35.0 Å². The van der Waals surface area contributed by atoms with Gasteiger partial charge < -0.3 is 14.5 Å². The van der Waals surface area contributed by atoms with Crippen molar-refractivity contribution >= 4 is 35.2 Å². The molecule has 0 fully saturated rings. The first-order valence-corrected chi connectivity index (χ1v) is 7.94. The highest BCUT2D eigenvalue weighted by molar-refractivity contribution is 7.98. The fourth-order valence-electron chi connectivity index (χ4n) is 1.54. The predicted molar refractivity (Wildman–Crippen MR) is 79.2 cm³/mol. The Hall–Kier alpha value is -1.14. The first-order valence-electron chi connectivity index (χ1n) is 6.11. The fourth-order valence-corrected chi connectivity index (χ4v) is 2.13. The van der Waals surface area contributed by atoms with Gasteiger partial charge in [-0.15, -0.1) is 11.6 Å². The molecule has 0 saturated carbocycles. The highest BCUT2D eigenvalue weighted by Crippen LogP contribution is 2.21. The third kappa shape index (κ3) is 4.76. The number of esters is 1. The number of hydrogen-bond donors (Lipinski definition) is 1. The normalized spacial score (nSPS) is 13.6. The molecular weight excluding hydrogens is 302 g/mol. The van der Waals surface area contributed by atoms with Gasteiger partial charge in [-0.1, -0.05) is 0 Å². The van der Waals surface area contributed by atoms with Crippen molar-refractivity contribution in [1.82, 2.24) is 5.32 Å². The number of carbonyl (C=O) groups excluding carboxylic acids is 2. The monoisotopic (exact) mass is 319 g/mol. The Labute approximate surface area is 127 Å². The van der Waals surface area contributed by atoms with Crippen LogP contribution in [0, 0.1) is 0 Å². The van der Waals surface area contributed by atoms with E-state index in [4.69, 9.17) is 16.0 Å². The first kappa shape index (κ1) is 16.9. The summed E-state index contributed by atoms with van der Waals surface area (Å²) in [5, 5.41) is 2.29. The number of methoxy groups -OCH3 is 1. The summed E-state index contributed by atoms with van der Waals surface area (Å²) in [6.45, 7) is 1.75. The zero-order chi connectivity index (χ0) is 15.1. The minimum absolute atomic E-state index is 0.130.